The molecular formula is C11H21N3O. The van der Waals surface area contributed by atoms with Gasteiger partial charge in [0.25, 0.3) is 0 Å². The molecule has 1 unspecified atom stereocenters. The molecule has 0 amide bonds. The third-order valence-electron chi connectivity index (χ3n) is 2.97. The van der Waals surface area contributed by atoms with E-state index in [0.29, 0.717) is 0 Å². The molecule has 0 radical (unpaired) electrons. The van der Waals surface area contributed by atoms with Crippen LogP contribution in [0.1, 0.15) is 26.1 Å². The van der Waals surface area contributed by atoms with Crippen LogP contribution >= 0.6 is 0 Å². The van der Waals surface area contributed by atoms with Crippen molar-refractivity contribution in [2.75, 3.05) is 13.7 Å². The first-order valence-electron chi connectivity index (χ1n) is 5.45. The zero-order valence-electron chi connectivity index (χ0n) is 9.82. The summed E-state index contributed by atoms with van der Waals surface area (Å²) >= 11 is 0. The molecule has 2 N–H and O–H groups in total. The fraction of sp³-hybridized carbons (Fsp3) is 0.727. The molecule has 1 aromatic rings. The van der Waals surface area contributed by atoms with Gasteiger partial charge >= 0.3 is 0 Å². The molecule has 15 heavy (non-hydrogen) atoms. The highest BCUT2D eigenvalue weighted by atomic mass is 16.3. The molecule has 1 heterocycles. The summed E-state index contributed by atoms with van der Waals surface area (Å²) in [6.07, 6.45) is 5.66. The number of aliphatic hydroxyl groups excluding tert-OH is 1. The monoisotopic (exact) mass is 211 g/mol. The van der Waals surface area contributed by atoms with Gasteiger partial charge in [0.1, 0.15) is 5.82 Å². The summed E-state index contributed by atoms with van der Waals surface area (Å²) < 4.78 is 2.14. The highest BCUT2D eigenvalue weighted by Gasteiger charge is 2.20. The van der Waals surface area contributed by atoms with E-state index < -0.39 is 0 Å². The second-order valence-electron chi connectivity index (χ2n) is 4.11. The topological polar surface area (TPSA) is 50.1 Å². The zero-order chi connectivity index (χ0) is 11.3. The standard InChI is InChI=1S/C11H21N3O/c1-4-10-13-6-8-14(10)7-5-11(2,9-15)12-3/h6,8,12,15H,4-5,7,9H2,1-3H3. The van der Waals surface area contributed by atoms with Gasteiger partial charge in [-0.2, -0.15) is 0 Å². The summed E-state index contributed by atoms with van der Waals surface area (Å²) in [4.78, 5) is 4.27. The molecular weight excluding hydrogens is 190 g/mol. The summed E-state index contributed by atoms with van der Waals surface area (Å²) in [6.45, 7) is 5.17. The molecule has 0 saturated heterocycles. The van der Waals surface area contributed by atoms with E-state index in [4.69, 9.17) is 0 Å². The van der Waals surface area contributed by atoms with E-state index in [1.54, 1.807) is 0 Å². The van der Waals surface area contributed by atoms with Gasteiger partial charge in [-0.1, -0.05) is 6.92 Å². The summed E-state index contributed by atoms with van der Waals surface area (Å²) in [5, 5.41) is 12.4. The van der Waals surface area contributed by atoms with Gasteiger partial charge in [-0.25, -0.2) is 4.98 Å². The number of nitrogens with one attached hydrogen (secondary N) is 1. The maximum absolute atomic E-state index is 9.25. The van der Waals surface area contributed by atoms with E-state index in [1.807, 2.05) is 26.4 Å². The molecule has 0 fully saturated rings. The third kappa shape index (κ3) is 3.04. The molecule has 0 aliphatic heterocycles. The summed E-state index contributed by atoms with van der Waals surface area (Å²) in [7, 11) is 1.88. The minimum atomic E-state index is -0.199. The quantitative estimate of drug-likeness (QED) is 0.732. The summed E-state index contributed by atoms with van der Waals surface area (Å²) in [5.41, 5.74) is -0.199. The first kappa shape index (κ1) is 12.2. The molecule has 0 aliphatic rings. The van der Waals surface area contributed by atoms with Crippen LogP contribution in [0.25, 0.3) is 0 Å². The largest absolute Gasteiger partial charge is 0.394 e. The molecule has 1 aromatic heterocycles. The third-order valence-corrected chi connectivity index (χ3v) is 2.97. The Balaban J connectivity index is 2.56. The number of hydrogen-bond acceptors (Lipinski definition) is 3. The molecule has 1 atom stereocenters. The van der Waals surface area contributed by atoms with Crippen molar-refractivity contribution in [3.63, 3.8) is 0 Å². The van der Waals surface area contributed by atoms with Crippen LogP contribution in [0.4, 0.5) is 0 Å². The van der Waals surface area contributed by atoms with E-state index in [-0.39, 0.29) is 12.1 Å². The summed E-state index contributed by atoms with van der Waals surface area (Å²) in [5.74, 6) is 1.10. The number of likely N-dealkylation sites (N-methyl/N-ethyl adjacent to an activating group) is 1. The van der Waals surface area contributed by atoms with E-state index in [9.17, 15) is 5.11 Å². The number of rotatable bonds is 6. The maximum Gasteiger partial charge on any atom is 0.108 e. The molecule has 0 aromatic carbocycles. The fourth-order valence-corrected chi connectivity index (χ4v) is 1.51. The lowest BCUT2D eigenvalue weighted by atomic mass is 9.99. The van der Waals surface area contributed by atoms with Crippen LogP contribution in [0.5, 0.6) is 0 Å². The molecule has 0 bridgehead atoms. The smallest absolute Gasteiger partial charge is 0.108 e. The lowest BCUT2D eigenvalue weighted by Crippen LogP contribution is -2.44. The van der Waals surface area contributed by atoms with Crippen molar-refractivity contribution < 1.29 is 5.11 Å². The SMILES string of the molecule is CCc1nccn1CCC(C)(CO)NC. The first-order chi connectivity index (χ1) is 7.15. The lowest BCUT2D eigenvalue weighted by Gasteiger charge is -2.27. The number of nitrogens with zero attached hydrogens (tertiary/aromatic N) is 2. The van der Waals surface area contributed by atoms with Crippen molar-refractivity contribution in [1.82, 2.24) is 14.9 Å². The van der Waals surface area contributed by atoms with Crippen molar-refractivity contribution in [3.8, 4) is 0 Å². The van der Waals surface area contributed by atoms with Crippen molar-refractivity contribution in [2.45, 2.75) is 38.8 Å². The van der Waals surface area contributed by atoms with Gasteiger partial charge in [0, 0.05) is 30.9 Å². The van der Waals surface area contributed by atoms with Crippen LogP contribution < -0.4 is 5.32 Å². The highest BCUT2D eigenvalue weighted by molar-refractivity contribution is 4.92. The Morgan fingerprint density at radius 1 is 1.60 bits per heavy atom. The minimum absolute atomic E-state index is 0.152. The molecule has 0 aliphatic carbocycles. The van der Waals surface area contributed by atoms with Crippen molar-refractivity contribution in [3.05, 3.63) is 18.2 Å². The number of imidazole rings is 1. The Labute approximate surface area is 91.3 Å². The Bertz CT molecular complexity index is 292. The van der Waals surface area contributed by atoms with Gasteiger partial charge in [-0.05, 0) is 20.4 Å². The van der Waals surface area contributed by atoms with Gasteiger partial charge < -0.3 is 15.0 Å². The van der Waals surface area contributed by atoms with Gasteiger partial charge in [0.05, 0.1) is 6.61 Å². The predicted octanol–water partition coefficient (Wildman–Crippen LogP) is 0.806. The van der Waals surface area contributed by atoms with Gasteiger partial charge in [0.15, 0.2) is 0 Å². The second kappa shape index (κ2) is 5.28. The summed E-state index contributed by atoms with van der Waals surface area (Å²) in [6, 6.07) is 0. The van der Waals surface area contributed by atoms with Crippen molar-refractivity contribution in [2.24, 2.45) is 0 Å². The zero-order valence-corrected chi connectivity index (χ0v) is 9.82. The van der Waals surface area contributed by atoms with Crippen LogP contribution in [0.2, 0.25) is 0 Å². The number of aryl methyl sites for hydroxylation is 2. The second-order valence-corrected chi connectivity index (χ2v) is 4.11. The van der Waals surface area contributed by atoms with Crippen LogP contribution in [0.3, 0.4) is 0 Å². The van der Waals surface area contributed by atoms with Gasteiger partial charge in [0.2, 0.25) is 0 Å². The normalized spacial score (nSPS) is 15.2. The van der Waals surface area contributed by atoms with Crippen LogP contribution in [-0.2, 0) is 13.0 Å². The van der Waals surface area contributed by atoms with Crippen LogP contribution in [0.15, 0.2) is 12.4 Å². The Morgan fingerprint density at radius 3 is 2.87 bits per heavy atom. The molecule has 1 rings (SSSR count). The van der Waals surface area contributed by atoms with Gasteiger partial charge in [-0.3, -0.25) is 0 Å². The molecule has 0 saturated carbocycles. The van der Waals surface area contributed by atoms with Crippen molar-refractivity contribution >= 4 is 0 Å². The van der Waals surface area contributed by atoms with Crippen molar-refractivity contribution in [1.29, 1.82) is 0 Å². The number of aromatic nitrogens is 2. The maximum atomic E-state index is 9.25. The molecule has 4 nitrogen and oxygen atoms in total. The van der Waals surface area contributed by atoms with E-state index in [2.05, 4.69) is 21.8 Å². The van der Waals surface area contributed by atoms with Gasteiger partial charge in [-0.15, -0.1) is 0 Å². The van der Waals surface area contributed by atoms with E-state index in [1.165, 1.54) is 0 Å². The van der Waals surface area contributed by atoms with Crippen LogP contribution in [0, 0.1) is 0 Å². The lowest BCUT2D eigenvalue weighted by molar-refractivity contribution is 0.168. The number of hydrogen-bond donors (Lipinski definition) is 2. The first-order valence-corrected chi connectivity index (χ1v) is 5.45. The molecule has 0 spiro atoms. The van der Waals surface area contributed by atoms with Crippen LogP contribution in [-0.4, -0.2) is 33.9 Å². The Morgan fingerprint density at radius 2 is 2.33 bits per heavy atom. The molecule has 86 valence electrons. The fourth-order valence-electron chi connectivity index (χ4n) is 1.51. The Hall–Kier alpha value is -0.870. The minimum Gasteiger partial charge on any atom is -0.394 e. The Kier molecular flexibility index (Phi) is 4.29. The average molecular weight is 211 g/mol. The molecule has 4 heteroatoms. The average Bonchev–Trinajstić information content (AvgIpc) is 2.73. The van der Waals surface area contributed by atoms with E-state index in [0.717, 1.165) is 25.2 Å². The van der Waals surface area contributed by atoms with E-state index >= 15 is 0 Å². The highest BCUT2D eigenvalue weighted by Crippen LogP contribution is 2.10. The predicted molar refractivity (Wildman–Crippen MR) is 60.8 cm³/mol. The number of aliphatic hydroxyl groups is 1.